The summed E-state index contributed by atoms with van der Waals surface area (Å²) in [6.45, 7) is -1.21. The molecular formula is C22H14F7N3O4. The maximum absolute atomic E-state index is 14.7. The lowest BCUT2D eigenvalue weighted by Gasteiger charge is -2.25. The largest absolute Gasteiger partial charge is 0.496 e. The molecule has 0 aliphatic heterocycles. The number of amides is 1. The van der Waals surface area contributed by atoms with E-state index in [-0.39, 0.29) is 29.0 Å². The molecule has 190 valence electrons. The third-order valence-corrected chi connectivity index (χ3v) is 4.75. The van der Waals surface area contributed by atoms with Gasteiger partial charge in [0.05, 0.1) is 24.6 Å². The zero-order chi connectivity index (χ0) is 26.8. The molecule has 3 rings (SSSR count). The van der Waals surface area contributed by atoms with Crippen LogP contribution < -0.4 is 9.64 Å². The van der Waals surface area contributed by atoms with Crippen molar-refractivity contribution in [2.45, 2.75) is 12.4 Å². The molecule has 0 bridgehead atoms. The first-order valence-corrected chi connectivity index (χ1v) is 9.71. The van der Waals surface area contributed by atoms with Crippen LogP contribution in [0.2, 0.25) is 0 Å². The smallest absolute Gasteiger partial charge is 0.433 e. The highest BCUT2D eigenvalue weighted by atomic mass is 19.4. The maximum atomic E-state index is 14.7. The topological polar surface area (TPSA) is 92.6 Å². The first-order valence-electron chi connectivity index (χ1n) is 9.71. The zero-order valence-electron chi connectivity index (χ0n) is 18.0. The quantitative estimate of drug-likeness (QED) is 0.460. The molecule has 2 heterocycles. The number of pyridine rings is 2. The summed E-state index contributed by atoms with van der Waals surface area (Å²) in [5.41, 5.74) is -6.00. The molecule has 1 amide bonds. The fourth-order valence-electron chi connectivity index (χ4n) is 3.25. The summed E-state index contributed by atoms with van der Waals surface area (Å²) in [6.07, 6.45) is -8.63. The van der Waals surface area contributed by atoms with Crippen molar-refractivity contribution in [3.05, 3.63) is 71.6 Å². The van der Waals surface area contributed by atoms with Crippen LogP contribution in [0, 0.1) is 5.82 Å². The van der Waals surface area contributed by atoms with Crippen molar-refractivity contribution in [2.24, 2.45) is 0 Å². The lowest BCUT2D eigenvalue weighted by atomic mass is 10.0. The highest BCUT2D eigenvalue weighted by Crippen LogP contribution is 2.39. The van der Waals surface area contributed by atoms with Crippen molar-refractivity contribution in [1.29, 1.82) is 0 Å². The number of aromatic nitrogens is 2. The number of ether oxygens (including phenoxy) is 1. The van der Waals surface area contributed by atoms with Crippen LogP contribution in [0.3, 0.4) is 0 Å². The van der Waals surface area contributed by atoms with E-state index < -0.39 is 59.2 Å². The summed E-state index contributed by atoms with van der Waals surface area (Å²) in [6, 6.07) is 4.97. The van der Waals surface area contributed by atoms with E-state index in [0.29, 0.717) is 4.90 Å². The standard InChI is InChI=1S/C22H14F7N3O4/c1-36-15-4-2-3-13(23)19(15)12-5-6-30-9-14(12)32(10-18(33)34)20(35)11-7-16(21(24,25)26)31-17(8-11)22(27,28)29/h2-9H,10H2,1H3,(H,33,34). The number of anilines is 1. The van der Waals surface area contributed by atoms with Crippen molar-refractivity contribution in [2.75, 3.05) is 18.6 Å². The molecule has 0 fully saturated rings. The molecule has 3 aromatic rings. The van der Waals surface area contributed by atoms with Gasteiger partial charge in [0.1, 0.15) is 29.5 Å². The van der Waals surface area contributed by atoms with Crippen LogP contribution in [0.1, 0.15) is 21.7 Å². The van der Waals surface area contributed by atoms with Gasteiger partial charge in [0.15, 0.2) is 0 Å². The van der Waals surface area contributed by atoms with Crippen LogP contribution in [0.5, 0.6) is 5.75 Å². The number of carbonyl (C=O) groups is 2. The van der Waals surface area contributed by atoms with Gasteiger partial charge < -0.3 is 9.84 Å². The van der Waals surface area contributed by atoms with Gasteiger partial charge in [-0.2, -0.15) is 26.3 Å². The molecule has 0 aliphatic carbocycles. The Labute approximate surface area is 197 Å². The molecule has 0 spiro atoms. The van der Waals surface area contributed by atoms with Crippen molar-refractivity contribution < 1.29 is 50.2 Å². The van der Waals surface area contributed by atoms with Crippen molar-refractivity contribution in [3.63, 3.8) is 0 Å². The number of methoxy groups -OCH3 is 1. The Hall–Kier alpha value is -4.23. The van der Waals surface area contributed by atoms with Gasteiger partial charge in [-0.1, -0.05) is 6.07 Å². The first-order chi connectivity index (χ1) is 16.7. The normalized spacial score (nSPS) is 11.8. The van der Waals surface area contributed by atoms with Crippen molar-refractivity contribution in [1.82, 2.24) is 9.97 Å². The molecular weight excluding hydrogens is 503 g/mol. The Bertz CT molecular complexity index is 1280. The van der Waals surface area contributed by atoms with Gasteiger partial charge in [-0.25, -0.2) is 9.37 Å². The summed E-state index contributed by atoms with van der Waals surface area (Å²) < 4.78 is 99.2. The van der Waals surface area contributed by atoms with E-state index in [1.54, 1.807) is 0 Å². The second kappa shape index (κ2) is 9.79. The van der Waals surface area contributed by atoms with E-state index >= 15 is 0 Å². The van der Waals surface area contributed by atoms with E-state index in [9.17, 15) is 45.4 Å². The summed E-state index contributed by atoms with van der Waals surface area (Å²) >= 11 is 0. The molecule has 1 N–H and O–H groups in total. The van der Waals surface area contributed by atoms with Gasteiger partial charge in [-0.15, -0.1) is 0 Å². The second-order valence-corrected chi connectivity index (χ2v) is 7.12. The molecule has 0 saturated carbocycles. The Morgan fingerprint density at radius 3 is 2.17 bits per heavy atom. The van der Waals surface area contributed by atoms with Gasteiger partial charge in [0.25, 0.3) is 5.91 Å². The average molecular weight is 517 g/mol. The molecule has 7 nitrogen and oxygen atoms in total. The average Bonchev–Trinajstić information content (AvgIpc) is 2.80. The van der Waals surface area contributed by atoms with Gasteiger partial charge in [-0.3, -0.25) is 19.5 Å². The summed E-state index contributed by atoms with van der Waals surface area (Å²) in [5, 5.41) is 9.34. The van der Waals surface area contributed by atoms with Gasteiger partial charge in [0.2, 0.25) is 0 Å². The number of rotatable bonds is 6. The number of carboxylic acids is 1. The predicted molar refractivity (Wildman–Crippen MR) is 110 cm³/mol. The van der Waals surface area contributed by atoms with Crippen LogP contribution in [0.25, 0.3) is 11.1 Å². The maximum Gasteiger partial charge on any atom is 0.433 e. The fourth-order valence-corrected chi connectivity index (χ4v) is 3.25. The highest BCUT2D eigenvalue weighted by molar-refractivity contribution is 6.10. The number of benzene rings is 1. The molecule has 1 aromatic carbocycles. The Balaban J connectivity index is 2.26. The van der Waals surface area contributed by atoms with Gasteiger partial charge in [-0.05, 0) is 30.3 Å². The SMILES string of the molecule is COc1cccc(F)c1-c1ccncc1N(CC(=O)O)C(=O)c1cc(C(F)(F)F)nc(C(F)(F)F)c1. The predicted octanol–water partition coefficient (Wildman–Crippen LogP) is 5.06. The number of hydrogen-bond donors (Lipinski definition) is 1. The zero-order valence-corrected chi connectivity index (χ0v) is 18.0. The van der Waals surface area contributed by atoms with Gasteiger partial charge >= 0.3 is 18.3 Å². The van der Waals surface area contributed by atoms with Crippen molar-refractivity contribution in [3.8, 4) is 16.9 Å². The van der Waals surface area contributed by atoms with E-state index in [1.165, 1.54) is 25.3 Å². The third-order valence-electron chi connectivity index (χ3n) is 4.75. The second-order valence-electron chi connectivity index (χ2n) is 7.12. The van der Waals surface area contributed by atoms with Crippen LogP contribution in [-0.2, 0) is 17.1 Å². The number of alkyl halides is 6. The minimum atomic E-state index is -5.35. The van der Waals surface area contributed by atoms with E-state index in [4.69, 9.17) is 4.74 Å². The lowest BCUT2D eigenvalue weighted by molar-refractivity contribution is -0.150. The Morgan fingerprint density at radius 1 is 1.03 bits per heavy atom. The molecule has 0 saturated heterocycles. The number of halogens is 7. The van der Waals surface area contributed by atoms with Crippen molar-refractivity contribution >= 4 is 17.6 Å². The molecule has 0 atom stereocenters. The molecule has 2 aromatic heterocycles. The molecule has 14 heteroatoms. The monoisotopic (exact) mass is 517 g/mol. The first kappa shape index (κ1) is 26.4. The molecule has 0 unspecified atom stereocenters. The number of nitrogens with zero attached hydrogens (tertiary/aromatic N) is 3. The molecule has 0 radical (unpaired) electrons. The lowest BCUT2D eigenvalue weighted by Crippen LogP contribution is -2.36. The minimum Gasteiger partial charge on any atom is -0.496 e. The van der Waals surface area contributed by atoms with Crippen LogP contribution >= 0.6 is 0 Å². The number of aliphatic carboxylic acids is 1. The minimum absolute atomic E-state index is 0.0483. The van der Waals surface area contributed by atoms with Gasteiger partial charge in [0, 0.05) is 17.3 Å². The van der Waals surface area contributed by atoms with E-state index in [2.05, 4.69) is 9.97 Å². The van der Waals surface area contributed by atoms with Crippen LogP contribution in [-0.4, -0.2) is 40.6 Å². The number of carbonyl (C=O) groups excluding carboxylic acids is 1. The number of hydrogen-bond acceptors (Lipinski definition) is 5. The van der Waals surface area contributed by atoms with E-state index in [1.807, 2.05) is 0 Å². The van der Waals surface area contributed by atoms with Crippen LogP contribution in [0.15, 0.2) is 48.8 Å². The molecule has 0 aliphatic rings. The summed E-state index contributed by atoms with van der Waals surface area (Å²) in [7, 11) is 1.20. The van der Waals surface area contributed by atoms with Crippen LogP contribution in [0.4, 0.5) is 36.4 Å². The summed E-state index contributed by atoms with van der Waals surface area (Å²) in [4.78, 5) is 31.4. The van der Waals surface area contributed by atoms with E-state index in [0.717, 1.165) is 18.5 Å². The molecule has 36 heavy (non-hydrogen) atoms. The summed E-state index contributed by atoms with van der Waals surface area (Å²) in [5.74, 6) is -4.14. The Morgan fingerprint density at radius 2 is 1.64 bits per heavy atom. The fraction of sp³-hybridized carbons (Fsp3) is 0.182. The highest BCUT2D eigenvalue weighted by Gasteiger charge is 2.40. The third kappa shape index (κ3) is 5.53. The number of carboxylic acid groups (broad SMARTS) is 1. The Kier molecular flexibility index (Phi) is 7.17.